The van der Waals surface area contributed by atoms with Crippen molar-refractivity contribution in [1.82, 2.24) is 0 Å². The third-order valence-corrected chi connectivity index (χ3v) is 3.53. The van der Waals surface area contributed by atoms with Crippen molar-refractivity contribution in [3.63, 3.8) is 0 Å². The van der Waals surface area contributed by atoms with Crippen molar-refractivity contribution < 1.29 is 14.3 Å². The lowest BCUT2D eigenvalue weighted by Crippen LogP contribution is -2.06. The van der Waals surface area contributed by atoms with Crippen LogP contribution in [0.5, 0.6) is 0 Å². The van der Waals surface area contributed by atoms with Crippen LogP contribution in [-0.2, 0) is 9.53 Å². The van der Waals surface area contributed by atoms with Gasteiger partial charge in [0.15, 0.2) is 0 Å². The van der Waals surface area contributed by atoms with Gasteiger partial charge in [0.05, 0.1) is 17.5 Å². The Hall–Kier alpha value is -0.870. The molecule has 0 aromatic heterocycles. The molecule has 0 saturated carbocycles. The Kier molecular flexibility index (Phi) is 4.50. The summed E-state index contributed by atoms with van der Waals surface area (Å²) in [6.45, 7) is 1.45. The second kappa shape index (κ2) is 5.46. The van der Waals surface area contributed by atoms with E-state index >= 15 is 0 Å². The summed E-state index contributed by atoms with van der Waals surface area (Å²) in [7, 11) is 1.30. The molecule has 0 aliphatic heterocycles. The summed E-state index contributed by atoms with van der Waals surface area (Å²) in [5, 5.41) is 0.435. The number of alkyl halides is 1. The lowest BCUT2D eigenvalue weighted by molar-refractivity contribution is -0.116. The van der Waals surface area contributed by atoms with Gasteiger partial charge in [0.1, 0.15) is 5.78 Å². The van der Waals surface area contributed by atoms with Crippen LogP contribution in [0.2, 0.25) is 5.02 Å². The lowest BCUT2D eigenvalue weighted by Gasteiger charge is -2.10. The van der Waals surface area contributed by atoms with Crippen molar-refractivity contribution in [2.75, 3.05) is 7.11 Å². The molecule has 1 aromatic rings. The largest absolute Gasteiger partial charge is 0.465 e. The maximum absolute atomic E-state index is 11.3. The number of esters is 1. The molecule has 0 aliphatic rings. The molecule has 0 radical (unpaired) electrons. The first-order valence-electron chi connectivity index (χ1n) is 4.49. The monoisotopic (exact) mass is 304 g/mol. The fraction of sp³-hybridized carbons (Fsp3) is 0.273. The highest BCUT2D eigenvalue weighted by Crippen LogP contribution is 2.31. The first-order valence-corrected chi connectivity index (χ1v) is 5.79. The number of hydrogen-bond donors (Lipinski definition) is 0. The number of hydrogen-bond acceptors (Lipinski definition) is 3. The summed E-state index contributed by atoms with van der Waals surface area (Å²) in [6.07, 6.45) is 0. The number of carbonyl (C=O) groups is 2. The smallest absolute Gasteiger partial charge is 0.337 e. The topological polar surface area (TPSA) is 43.4 Å². The molecule has 3 nitrogen and oxygen atoms in total. The summed E-state index contributed by atoms with van der Waals surface area (Å²) < 4.78 is 4.59. The van der Waals surface area contributed by atoms with Crippen LogP contribution in [0.4, 0.5) is 0 Å². The Morgan fingerprint density at radius 3 is 2.56 bits per heavy atom. The van der Waals surface area contributed by atoms with Crippen molar-refractivity contribution in [3.8, 4) is 0 Å². The summed E-state index contributed by atoms with van der Waals surface area (Å²) >= 11 is 9.17. The molecule has 0 bridgehead atoms. The minimum Gasteiger partial charge on any atom is -0.465 e. The SMILES string of the molecule is COC(=O)c1ccc(Cl)c(C(Br)C(C)=O)c1. The van der Waals surface area contributed by atoms with Gasteiger partial charge in [-0.2, -0.15) is 0 Å². The highest BCUT2D eigenvalue weighted by Gasteiger charge is 2.18. The van der Waals surface area contributed by atoms with Crippen LogP contribution in [0.3, 0.4) is 0 Å². The molecule has 1 unspecified atom stereocenters. The Labute approximate surface area is 107 Å². The molecule has 1 aromatic carbocycles. The number of halogens is 2. The van der Waals surface area contributed by atoms with Gasteiger partial charge in [-0.25, -0.2) is 4.79 Å². The van der Waals surface area contributed by atoms with Gasteiger partial charge >= 0.3 is 5.97 Å². The van der Waals surface area contributed by atoms with E-state index in [0.717, 1.165) is 0 Å². The average Bonchev–Trinajstić information content (AvgIpc) is 2.27. The molecule has 5 heteroatoms. The second-order valence-corrected chi connectivity index (χ2v) is 4.52. The molecule has 0 N–H and O–H groups in total. The van der Waals surface area contributed by atoms with Gasteiger partial charge < -0.3 is 4.74 Å². The van der Waals surface area contributed by atoms with E-state index in [1.165, 1.54) is 14.0 Å². The zero-order valence-electron chi connectivity index (χ0n) is 8.79. The molecular weight excluding hydrogens is 295 g/mol. The fourth-order valence-electron chi connectivity index (χ4n) is 1.20. The number of rotatable bonds is 3. The predicted molar refractivity (Wildman–Crippen MR) is 65.1 cm³/mol. The summed E-state index contributed by atoms with van der Waals surface area (Å²) in [4.78, 5) is 22.0. The van der Waals surface area contributed by atoms with Crippen LogP contribution >= 0.6 is 27.5 Å². The van der Waals surface area contributed by atoms with Crippen LogP contribution < -0.4 is 0 Å². The molecule has 0 fully saturated rings. The predicted octanol–water partition coefficient (Wildman–Crippen LogP) is 3.15. The molecule has 0 heterocycles. The molecule has 86 valence electrons. The van der Waals surface area contributed by atoms with Crippen LogP contribution in [0.15, 0.2) is 18.2 Å². The van der Waals surface area contributed by atoms with Crippen LogP contribution in [0.25, 0.3) is 0 Å². The number of methoxy groups -OCH3 is 1. The van der Waals surface area contributed by atoms with Crippen molar-refractivity contribution in [2.24, 2.45) is 0 Å². The van der Waals surface area contributed by atoms with E-state index in [0.29, 0.717) is 16.1 Å². The van der Waals surface area contributed by atoms with Crippen molar-refractivity contribution in [3.05, 3.63) is 34.3 Å². The quantitative estimate of drug-likeness (QED) is 0.636. The van der Waals surface area contributed by atoms with Crippen molar-refractivity contribution in [2.45, 2.75) is 11.8 Å². The van der Waals surface area contributed by atoms with Gasteiger partial charge in [0, 0.05) is 5.02 Å². The van der Waals surface area contributed by atoms with Gasteiger partial charge in [0.2, 0.25) is 0 Å². The molecule has 0 saturated heterocycles. The van der Waals surface area contributed by atoms with Gasteiger partial charge in [0.25, 0.3) is 0 Å². The van der Waals surface area contributed by atoms with Crippen molar-refractivity contribution >= 4 is 39.3 Å². The molecule has 0 spiro atoms. The van der Waals surface area contributed by atoms with Crippen LogP contribution in [-0.4, -0.2) is 18.9 Å². The van der Waals surface area contributed by atoms with Crippen molar-refractivity contribution in [1.29, 1.82) is 0 Å². The summed E-state index contributed by atoms with van der Waals surface area (Å²) in [5.41, 5.74) is 0.935. The van der Waals surface area contributed by atoms with Crippen LogP contribution in [0, 0.1) is 0 Å². The number of Topliss-reactive ketones (excluding diaryl/α,β-unsaturated/α-hetero) is 1. The number of ether oxygens (including phenoxy) is 1. The number of carbonyl (C=O) groups excluding carboxylic acids is 2. The van der Waals surface area contributed by atoms with Gasteiger partial charge in [-0.15, -0.1) is 0 Å². The maximum atomic E-state index is 11.3. The normalized spacial score (nSPS) is 12.0. The number of benzene rings is 1. The van der Waals surface area contributed by atoms with E-state index in [4.69, 9.17) is 11.6 Å². The lowest BCUT2D eigenvalue weighted by atomic mass is 10.1. The Morgan fingerprint density at radius 2 is 2.06 bits per heavy atom. The Bertz CT molecular complexity index is 431. The number of ketones is 1. The van der Waals surface area contributed by atoms with Crippen LogP contribution in [0.1, 0.15) is 27.7 Å². The minimum absolute atomic E-state index is 0.0797. The van der Waals surface area contributed by atoms with Gasteiger partial charge in [-0.05, 0) is 30.7 Å². The minimum atomic E-state index is -0.510. The third kappa shape index (κ3) is 2.83. The first kappa shape index (κ1) is 13.2. The highest BCUT2D eigenvalue weighted by molar-refractivity contribution is 9.09. The van der Waals surface area contributed by atoms with E-state index in [1.807, 2.05) is 0 Å². The summed E-state index contributed by atoms with van der Waals surface area (Å²) in [5.74, 6) is -0.537. The molecule has 1 atom stereocenters. The van der Waals surface area contributed by atoms with E-state index < -0.39 is 10.8 Å². The third-order valence-electron chi connectivity index (χ3n) is 2.05. The second-order valence-electron chi connectivity index (χ2n) is 3.20. The molecule has 16 heavy (non-hydrogen) atoms. The molecule has 0 aliphatic carbocycles. The summed E-state index contributed by atoms with van der Waals surface area (Å²) in [6, 6.07) is 4.67. The standard InChI is InChI=1S/C11H10BrClO3/c1-6(14)10(12)8-5-7(11(15)16-2)3-4-9(8)13/h3-5,10H,1-2H3. The van der Waals surface area contributed by atoms with E-state index in [1.54, 1.807) is 18.2 Å². The fourth-order valence-corrected chi connectivity index (χ4v) is 1.94. The molecular formula is C11H10BrClO3. The first-order chi connectivity index (χ1) is 7.47. The maximum Gasteiger partial charge on any atom is 0.337 e. The van der Waals surface area contributed by atoms with E-state index in [2.05, 4.69) is 20.7 Å². The van der Waals surface area contributed by atoms with E-state index in [-0.39, 0.29) is 5.78 Å². The molecule has 0 amide bonds. The highest BCUT2D eigenvalue weighted by atomic mass is 79.9. The average molecular weight is 306 g/mol. The zero-order valence-corrected chi connectivity index (χ0v) is 11.1. The van der Waals surface area contributed by atoms with Gasteiger partial charge in [-0.3, -0.25) is 4.79 Å². The van der Waals surface area contributed by atoms with E-state index in [9.17, 15) is 9.59 Å². The zero-order chi connectivity index (χ0) is 12.3. The molecule has 1 rings (SSSR count). The van der Waals surface area contributed by atoms with Gasteiger partial charge in [-0.1, -0.05) is 27.5 Å². The Balaban J connectivity index is 3.18. The Morgan fingerprint density at radius 1 is 1.44 bits per heavy atom.